The Bertz CT molecular complexity index is 1630. The molecular formula is C22H28N9O9P. The first-order valence-corrected chi connectivity index (χ1v) is 14.4. The maximum atomic E-state index is 13.1. The molecule has 7 unspecified atom stereocenters. The van der Waals surface area contributed by atoms with Crippen LogP contribution in [0.2, 0.25) is 0 Å². The Morgan fingerprint density at radius 1 is 1.02 bits per heavy atom. The van der Waals surface area contributed by atoms with Gasteiger partial charge in [-0.1, -0.05) is 10.2 Å². The van der Waals surface area contributed by atoms with Crippen LogP contribution in [0.5, 0.6) is 5.88 Å². The van der Waals surface area contributed by atoms with Crippen molar-refractivity contribution in [2.45, 2.75) is 63.3 Å². The van der Waals surface area contributed by atoms with Crippen LogP contribution < -0.4 is 16.8 Å². The van der Waals surface area contributed by atoms with Crippen molar-refractivity contribution in [1.29, 1.82) is 0 Å². The summed E-state index contributed by atoms with van der Waals surface area (Å²) < 4.78 is 37.0. The van der Waals surface area contributed by atoms with Gasteiger partial charge in [-0.05, 0) is 37.4 Å². The average Bonchev–Trinajstić information content (AvgIpc) is 3.50. The molecular weight excluding hydrogens is 565 g/mol. The van der Waals surface area contributed by atoms with Crippen molar-refractivity contribution in [2.75, 3.05) is 19.9 Å². The third-order valence-corrected chi connectivity index (χ3v) is 8.05. The quantitative estimate of drug-likeness (QED) is 0.158. The summed E-state index contributed by atoms with van der Waals surface area (Å²) in [6.07, 6.45) is -1.82. The van der Waals surface area contributed by atoms with Crippen molar-refractivity contribution < 1.29 is 28.2 Å². The highest BCUT2D eigenvalue weighted by atomic mass is 31.2. The monoisotopic (exact) mass is 593 g/mol. The molecule has 2 aromatic rings. The molecule has 220 valence electrons. The van der Waals surface area contributed by atoms with Gasteiger partial charge in [0.1, 0.15) is 6.23 Å². The molecule has 0 saturated carbocycles. The molecule has 2 fully saturated rings. The number of aromatic nitrogens is 3. The lowest BCUT2D eigenvalue weighted by molar-refractivity contribution is -0.0275. The molecule has 2 aliphatic rings. The molecule has 2 aromatic heterocycles. The molecule has 4 rings (SSSR count). The number of aromatic amines is 2. The number of pyridine rings is 1. The van der Waals surface area contributed by atoms with E-state index in [1.807, 2.05) is 0 Å². The van der Waals surface area contributed by atoms with E-state index in [1.54, 1.807) is 6.92 Å². The summed E-state index contributed by atoms with van der Waals surface area (Å²) in [4.78, 5) is 46.4. The van der Waals surface area contributed by atoms with Crippen molar-refractivity contribution in [3.8, 4) is 5.88 Å². The summed E-state index contributed by atoms with van der Waals surface area (Å²) in [5.74, 6) is -0.270. The molecule has 0 aromatic carbocycles. The third-order valence-electron chi connectivity index (χ3n) is 6.82. The summed E-state index contributed by atoms with van der Waals surface area (Å²) in [6, 6.07) is -0.0457. The first kappa shape index (κ1) is 30.1. The molecule has 4 heterocycles. The Hall–Kier alpha value is -3.88. The Morgan fingerprint density at radius 3 is 2.27 bits per heavy atom. The molecule has 19 heteroatoms. The zero-order valence-electron chi connectivity index (χ0n) is 22.2. The maximum absolute atomic E-state index is 13.1. The van der Waals surface area contributed by atoms with Gasteiger partial charge in [0.25, 0.3) is 11.1 Å². The van der Waals surface area contributed by atoms with E-state index >= 15 is 0 Å². The second kappa shape index (κ2) is 12.3. The highest BCUT2D eigenvalue weighted by Gasteiger charge is 2.40. The highest BCUT2D eigenvalue weighted by Crippen LogP contribution is 2.46. The lowest BCUT2D eigenvalue weighted by Crippen LogP contribution is -2.33. The normalized spacial score (nSPS) is 27.1. The number of hydrogen-bond donors (Lipinski definition) is 3. The maximum Gasteiger partial charge on any atom is 0.330 e. The highest BCUT2D eigenvalue weighted by molar-refractivity contribution is 7.52. The van der Waals surface area contributed by atoms with E-state index in [1.165, 1.54) is 30.4 Å². The Labute approximate surface area is 231 Å². The molecule has 2 saturated heterocycles. The van der Waals surface area contributed by atoms with Crippen LogP contribution in [0.4, 0.5) is 0 Å². The zero-order chi connectivity index (χ0) is 29.9. The van der Waals surface area contributed by atoms with E-state index in [2.05, 4.69) is 30.0 Å². The average molecular weight is 593 g/mol. The minimum Gasteiger partial charge on any atom is -0.494 e. The second-order valence-corrected chi connectivity index (χ2v) is 11.8. The zero-order valence-corrected chi connectivity index (χ0v) is 23.1. The predicted octanol–water partition coefficient (Wildman–Crippen LogP) is 2.58. The number of nitrogens with zero attached hydrogens (tertiary/aromatic N) is 7. The lowest BCUT2D eigenvalue weighted by Gasteiger charge is -2.22. The van der Waals surface area contributed by atoms with Crippen LogP contribution in [0.3, 0.4) is 0 Å². The lowest BCUT2D eigenvalue weighted by atomic mass is 10.0. The van der Waals surface area contributed by atoms with Gasteiger partial charge in [0.05, 0.1) is 43.6 Å². The topological polar surface area (TPSA) is 259 Å². The van der Waals surface area contributed by atoms with E-state index < -0.39 is 61.0 Å². The number of ether oxygens (including phenoxy) is 2. The van der Waals surface area contributed by atoms with Crippen molar-refractivity contribution in [1.82, 2.24) is 14.5 Å². The SMILES string of the molecule is Cc1cc(C2CC(N=[N+]=[N-])C(COP(C)(=O)OCC3OC(n4cc(C)c(=O)[nH]c4=O)CC3N=[N+]=[N-])O2)c(=O)[nH]c1O. The van der Waals surface area contributed by atoms with Gasteiger partial charge in [0.15, 0.2) is 5.88 Å². The van der Waals surface area contributed by atoms with Gasteiger partial charge in [-0.15, -0.1) is 0 Å². The van der Waals surface area contributed by atoms with Crippen LogP contribution >= 0.6 is 7.60 Å². The molecule has 0 spiro atoms. The van der Waals surface area contributed by atoms with Crippen LogP contribution in [0.1, 0.15) is 41.9 Å². The minimum atomic E-state index is -3.77. The molecule has 18 nitrogen and oxygen atoms in total. The molecule has 41 heavy (non-hydrogen) atoms. The van der Waals surface area contributed by atoms with Crippen molar-refractivity contribution >= 4 is 7.60 Å². The third kappa shape index (κ3) is 6.89. The van der Waals surface area contributed by atoms with Gasteiger partial charge in [-0.3, -0.25) is 28.7 Å². The fourth-order valence-corrected chi connectivity index (χ4v) is 5.54. The molecule has 2 aliphatic heterocycles. The number of hydrogen-bond acceptors (Lipinski definition) is 11. The van der Waals surface area contributed by atoms with Crippen molar-refractivity contribution in [2.24, 2.45) is 10.2 Å². The molecule has 0 amide bonds. The number of H-pyrrole nitrogens is 2. The molecule has 0 radical (unpaired) electrons. The predicted molar refractivity (Wildman–Crippen MR) is 142 cm³/mol. The summed E-state index contributed by atoms with van der Waals surface area (Å²) in [5.41, 5.74) is 17.1. The van der Waals surface area contributed by atoms with Gasteiger partial charge >= 0.3 is 13.3 Å². The van der Waals surface area contributed by atoms with Crippen LogP contribution in [0.15, 0.2) is 36.9 Å². The Kier molecular flexibility index (Phi) is 9.05. The number of aromatic hydroxyl groups is 1. The molecule has 3 N–H and O–H groups in total. The first-order chi connectivity index (χ1) is 19.4. The smallest absolute Gasteiger partial charge is 0.330 e. The fourth-order valence-electron chi connectivity index (χ4n) is 4.63. The summed E-state index contributed by atoms with van der Waals surface area (Å²) in [6.45, 7) is 3.71. The first-order valence-electron chi connectivity index (χ1n) is 12.4. The summed E-state index contributed by atoms with van der Waals surface area (Å²) in [5, 5.41) is 17.1. The largest absolute Gasteiger partial charge is 0.494 e. The van der Waals surface area contributed by atoms with Gasteiger partial charge in [-0.2, -0.15) is 0 Å². The summed E-state index contributed by atoms with van der Waals surface area (Å²) >= 11 is 0. The van der Waals surface area contributed by atoms with Crippen molar-refractivity contribution in [3.05, 3.63) is 81.0 Å². The van der Waals surface area contributed by atoms with Gasteiger partial charge in [0, 0.05) is 45.8 Å². The molecule has 0 aliphatic carbocycles. The van der Waals surface area contributed by atoms with E-state index in [0.29, 0.717) is 5.56 Å². The minimum absolute atomic E-state index is 0.0966. The number of aryl methyl sites for hydroxylation is 2. The van der Waals surface area contributed by atoms with E-state index in [9.17, 15) is 24.1 Å². The van der Waals surface area contributed by atoms with E-state index in [4.69, 9.17) is 29.6 Å². The van der Waals surface area contributed by atoms with Crippen LogP contribution in [0, 0.1) is 13.8 Å². The second-order valence-electron chi connectivity index (χ2n) is 9.74. The fraction of sp³-hybridized carbons (Fsp3) is 0.591. The molecule has 0 bridgehead atoms. The van der Waals surface area contributed by atoms with Crippen LogP contribution in [-0.2, 0) is 23.1 Å². The molecule has 7 atom stereocenters. The van der Waals surface area contributed by atoms with Crippen LogP contribution in [0.25, 0.3) is 20.9 Å². The van der Waals surface area contributed by atoms with E-state index in [0.717, 1.165) is 0 Å². The number of rotatable bonds is 10. The van der Waals surface area contributed by atoms with Gasteiger partial charge in [0.2, 0.25) is 0 Å². The Morgan fingerprint density at radius 2 is 1.63 bits per heavy atom. The van der Waals surface area contributed by atoms with Gasteiger partial charge < -0.3 is 23.6 Å². The van der Waals surface area contributed by atoms with Gasteiger partial charge in [-0.25, -0.2) is 4.79 Å². The van der Waals surface area contributed by atoms with Crippen LogP contribution in [-0.4, -0.2) is 63.8 Å². The van der Waals surface area contributed by atoms with Crippen molar-refractivity contribution in [3.63, 3.8) is 0 Å². The number of azide groups is 2. The Balaban J connectivity index is 1.40. The standard InChI is InChI=1S/C22H28N9O9P/c1-10-4-12(21(34)25-19(10)32)15-5-13(27-29-23)16(39-15)8-37-41(3,36)38-9-17-14(28-30-24)6-18(40-17)31-7-11(2)20(33)26-22(31)35/h4,7,13-18H,5-6,8-9H2,1-3H3,(H2,25,32,34)(H,26,33,35). The summed E-state index contributed by atoms with van der Waals surface area (Å²) in [7, 11) is -3.77. The van der Waals surface area contributed by atoms with E-state index in [-0.39, 0.29) is 43.1 Å². The number of nitrogens with one attached hydrogen (secondary N) is 2.